The summed E-state index contributed by atoms with van der Waals surface area (Å²) in [5.41, 5.74) is 6.97. The fraction of sp³-hybridized carbons (Fsp3) is 0.714. The van der Waals surface area contributed by atoms with Crippen molar-refractivity contribution in [2.45, 2.75) is 39.5 Å². The van der Waals surface area contributed by atoms with E-state index in [-0.39, 0.29) is 12.5 Å². The van der Waals surface area contributed by atoms with Gasteiger partial charge >= 0.3 is 0 Å². The fourth-order valence-corrected chi connectivity index (χ4v) is 2.43. The van der Waals surface area contributed by atoms with E-state index in [0.717, 1.165) is 43.1 Å². The molecular weight excluding hydrogens is 240 g/mol. The fourth-order valence-electron chi connectivity index (χ4n) is 2.43. The first-order valence-electron chi connectivity index (χ1n) is 7.02. The van der Waals surface area contributed by atoms with Crippen molar-refractivity contribution in [3.05, 3.63) is 11.4 Å². The second-order valence-electron chi connectivity index (χ2n) is 5.68. The molecule has 0 atom stereocenters. The van der Waals surface area contributed by atoms with Gasteiger partial charge in [-0.25, -0.2) is 9.97 Å². The van der Waals surface area contributed by atoms with Crippen LogP contribution in [0.2, 0.25) is 0 Å². The molecule has 3 N–H and O–H groups in total. The van der Waals surface area contributed by atoms with E-state index in [2.05, 4.69) is 28.7 Å². The summed E-state index contributed by atoms with van der Waals surface area (Å²) in [5, 5.41) is 9.20. The number of anilines is 2. The Kier molecular flexibility index (Phi) is 4.24. The predicted octanol–water partition coefficient (Wildman–Crippen LogP) is 1.70. The minimum Gasteiger partial charge on any atom is -0.396 e. The number of piperidine rings is 1. The third-order valence-electron chi connectivity index (χ3n) is 3.86. The van der Waals surface area contributed by atoms with Gasteiger partial charge in [0, 0.05) is 31.2 Å². The minimum atomic E-state index is 0.275. The summed E-state index contributed by atoms with van der Waals surface area (Å²) in [6.45, 7) is 8.28. The Morgan fingerprint density at radius 1 is 1.32 bits per heavy atom. The molecule has 2 heterocycles. The zero-order valence-corrected chi connectivity index (χ0v) is 12.1. The predicted molar refractivity (Wildman–Crippen MR) is 77.3 cm³/mol. The largest absolute Gasteiger partial charge is 0.396 e. The van der Waals surface area contributed by atoms with Crippen molar-refractivity contribution in [1.82, 2.24) is 9.97 Å². The molecule has 2 rings (SSSR count). The lowest BCUT2D eigenvalue weighted by Gasteiger charge is -2.33. The number of aromatic nitrogens is 2. The van der Waals surface area contributed by atoms with Crippen molar-refractivity contribution in [3.63, 3.8) is 0 Å². The number of hydrogen-bond acceptors (Lipinski definition) is 5. The van der Waals surface area contributed by atoms with Crippen molar-refractivity contribution < 1.29 is 5.11 Å². The quantitative estimate of drug-likeness (QED) is 0.869. The van der Waals surface area contributed by atoms with Crippen LogP contribution in [0.15, 0.2) is 0 Å². The highest BCUT2D eigenvalue weighted by molar-refractivity contribution is 5.56. The molecule has 0 bridgehead atoms. The molecule has 0 spiro atoms. The number of nitrogens with two attached hydrogens (primary N) is 1. The zero-order chi connectivity index (χ0) is 14.0. The molecule has 1 aromatic rings. The highest BCUT2D eigenvalue weighted by atomic mass is 16.3. The van der Waals surface area contributed by atoms with Crippen molar-refractivity contribution in [1.29, 1.82) is 0 Å². The molecule has 1 aromatic heterocycles. The van der Waals surface area contributed by atoms with Crippen LogP contribution in [0.1, 0.15) is 44.0 Å². The molecular formula is C14H24N4O. The lowest BCUT2D eigenvalue weighted by Crippen LogP contribution is -2.36. The maximum absolute atomic E-state index is 9.20. The summed E-state index contributed by atoms with van der Waals surface area (Å²) in [6, 6.07) is 0. The van der Waals surface area contributed by atoms with Crippen molar-refractivity contribution in [3.8, 4) is 0 Å². The smallest absolute Gasteiger partial charge is 0.137 e. The summed E-state index contributed by atoms with van der Waals surface area (Å²) in [6.07, 6.45) is 2.02. The van der Waals surface area contributed by atoms with Gasteiger partial charge in [-0.1, -0.05) is 13.8 Å². The van der Waals surface area contributed by atoms with Gasteiger partial charge in [0.15, 0.2) is 0 Å². The topological polar surface area (TPSA) is 75.3 Å². The van der Waals surface area contributed by atoms with Crippen LogP contribution < -0.4 is 10.6 Å². The van der Waals surface area contributed by atoms with Gasteiger partial charge in [-0.15, -0.1) is 0 Å². The Hall–Kier alpha value is -1.36. The third-order valence-corrected chi connectivity index (χ3v) is 3.86. The Labute approximate surface area is 114 Å². The molecule has 1 saturated heterocycles. The molecule has 0 amide bonds. The van der Waals surface area contributed by atoms with Gasteiger partial charge in [-0.05, 0) is 25.7 Å². The van der Waals surface area contributed by atoms with Crippen LogP contribution in [0, 0.1) is 12.8 Å². The zero-order valence-electron chi connectivity index (χ0n) is 12.1. The first-order valence-corrected chi connectivity index (χ1v) is 7.02. The van der Waals surface area contributed by atoms with E-state index >= 15 is 0 Å². The van der Waals surface area contributed by atoms with E-state index in [0.29, 0.717) is 11.7 Å². The van der Waals surface area contributed by atoms with Crippen LogP contribution in [0.4, 0.5) is 11.6 Å². The first-order chi connectivity index (χ1) is 9.02. The van der Waals surface area contributed by atoms with Crippen molar-refractivity contribution >= 4 is 11.6 Å². The number of nitrogens with zero attached hydrogens (tertiary/aromatic N) is 3. The number of rotatable bonds is 3. The van der Waals surface area contributed by atoms with E-state index in [1.54, 1.807) is 0 Å². The Balaban J connectivity index is 2.24. The lowest BCUT2D eigenvalue weighted by atomic mass is 9.97. The monoisotopic (exact) mass is 264 g/mol. The first kappa shape index (κ1) is 14.1. The van der Waals surface area contributed by atoms with Crippen molar-refractivity contribution in [2.24, 2.45) is 5.92 Å². The summed E-state index contributed by atoms with van der Waals surface area (Å²) < 4.78 is 0. The molecule has 0 unspecified atom stereocenters. The summed E-state index contributed by atoms with van der Waals surface area (Å²) in [4.78, 5) is 11.3. The van der Waals surface area contributed by atoms with E-state index in [4.69, 9.17) is 5.73 Å². The van der Waals surface area contributed by atoms with Gasteiger partial charge in [0.1, 0.15) is 17.5 Å². The van der Waals surface area contributed by atoms with Gasteiger partial charge in [0.2, 0.25) is 0 Å². The van der Waals surface area contributed by atoms with E-state index in [9.17, 15) is 5.11 Å². The Morgan fingerprint density at radius 3 is 2.47 bits per heavy atom. The van der Waals surface area contributed by atoms with Crippen molar-refractivity contribution in [2.75, 3.05) is 30.3 Å². The second-order valence-corrected chi connectivity index (χ2v) is 5.68. The van der Waals surface area contributed by atoms with Crippen LogP contribution in [0.3, 0.4) is 0 Å². The van der Waals surface area contributed by atoms with Gasteiger partial charge in [-0.2, -0.15) is 0 Å². The van der Waals surface area contributed by atoms with Crippen LogP contribution in [-0.4, -0.2) is 34.8 Å². The molecule has 0 radical (unpaired) electrons. The number of aliphatic hydroxyl groups is 1. The molecule has 106 valence electrons. The molecule has 1 fully saturated rings. The van der Waals surface area contributed by atoms with Crippen LogP contribution in [-0.2, 0) is 0 Å². The highest BCUT2D eigenvalue weighted by Gasteiger charge is 2.22. The van der Waals surface area contributed by atoms with E-state index in [1.165, 1.54) is 0 Å². The average molecular weight is 264 g/mol. The molecule has 19 heavy (non-hydrogen) atoms. The molecule has 0 aliphatic carbocycles. The van der Waals surface area contributed by atoms with E-state index in [1.807, 2.05) is 6.92 Å². The minimum absolute atomic E-state index is 0.275. The van der Waals surface area contributed by atoms with Gasteiger partial charge in [0.25, 0.3) is 0 Å². The molecule has 1 aliphatic rings. The average Bonchev–Trinajstić information content (AvgIpc) is 2.41. The Bertz CT molecular complexity index is 439. The summed E-state index contributed by atoms with van der Waals surface area (Å²) >= 11 is 0. The SMILES string of the molecule is Cc1c(N)nc(C(C)C)nc1N1CCC(CO)CC1. The van der Waals surface area contributed by atoms with Crippen LogP contribution in [0.25, 0.3) is 0 Å². The van der Waals surface area contributed by atoms with Crippen LogP contribution >= 0.6 is 0 Å². The third kappa shape index (κ3) is 2.97. The number of aliphatic hydroxyl groups excluding tert-OH is 1. The molecule has 1 aliphatic heterocycles. The molecule has 5 heteroatoms. The molecule has 5 nitrogen and oxygen atoms in total. The van der Waals surface area contributed by atoms with E-state index < -0.39 is 0 Å². The molecule has 0 saturated carbocycles. The summed E-state index contributed by atoms with van der Waals surface area (Å²) in [7, 11) is 0. The number of nitrogen functional groups attached to an aromatic ring is 1. The number of hydrogen-bond donors (Lipinski definition) is 2. The normalized spacial score (nSPS) is 17.2. The van der Waals surface area contributed by atoms with Crippen LogP contribution in [0.5, 0.6) is 0 Å². The maximum atomic E-state index is 9.20. The van der Waals surface area contributed by atoms with Gasteiger partial charge < -0.3 is 15.7 Å². The maximum Gasteiger partial charge on any atom is 0.137 e. The lowest BCUT2D eigenvalue weighted by molar-refractivity contribution is 0.202. The van der Waals surface area contributed by atoms with Gasteiger partial charge in [0.05, 0.1) is 0 Å². The molecule has 0 aromatic carbocycles. The van der Waals surface area contributed by atoms with Gasteiger partial charge in [-0.3, -0.25) is 0 Å². The Morgan fingerprint density at radius 2 is 1.95 bits per heavy atom. The second kappa shape index (κ2) is 5.74. The highest BCUT2D eigenvalue weighted by Crippen LogP contribution is 2.28. The standard InChI is InChI=1S/C14H24N4O/c1-9(2)13-16-12(15)10(3)14(17-13)18-6-4-11(8-19)5-7-18/h9,11,19H,4-8H2,1-3H3,(H2,15,16,17). The summed E-state index contributed by atoms with van der Waals surface area (Å²) in [5.74, 6) is 3.06.